The molecule has 3 heterocycles. The van der Waals surface area contributed by atoms with Gasteiger partial charge in [-0.1, -0.05) is 30.3 Å². The SMILES string of the molecule is O=c1[nH]/c(=C\c2nc3ccccc3s2)s/c1=C\c1cnn(-c2ccccc2)c1. The minimum atomic E-state index is -0.107. The fourth-order valence-electron chi connectivity index (χ4n) is 2.87. The Labute approximate surface area is 167 Å². The van der Waals surface area contributed by atoms with Crippen LogP contribution in [0.25, 0.3) is 28.1 Å². The Morgan fingerprint density at radius 3 is 2.64 bits per heavy atom. The smallest absolute Gasteiger partial charge is 0.266 e. The van der Waals surface area contributed by atoms with Gasteiger partial charge in [0.2, 0.25) is 0 Å². The van der Waals surface area contributed by atoms with Gasteiger partial charge in [-0.15, -0.1) is 22.7 Å². The second-order valence-corrected chi connectivity index (χ2v) is 8.29. The number of nitrogens with one attached hydrogen (secondary N) is 1. The van der Waals surface area contributed by atoms with Crippen LogP contribution in [0.2, 0.25) is 0 Å². The third kappa shape index (κ3) is 3.33. The molecule has 0 unspecified atom stereocenters. The highest BCUT2D eigenvalue weighted by atomic mass is 32.1. The van der Waals surface area contributed by atoms with Crippen molar-refractivity contribution in [2.45, 2.75) is 0 Å². The molecule has 0 saturated heterocycles. The maximum Gasteiger partial charge on any atom is 0.266 e. The number of benzene rings is 2. The third-order valence-corrected chi connectivity index (χ3v) is 6.11. The van der Waals surface area contributed by atoms with Gasteiger partial charge in [-0.2, -0.15) is 5.10 Å². The van der Waals surface area contributed by atoms with E-state index in [0.717, 1.165) is 31.1 Å². The Kier molecular flexibility index (Phi) is 4.23. The number of aromatic amines is 1. The van der Waals surface area contributed by atoms with Gasteiger partial charge in [0.05, 0.1) is 31.3 Å². The van der Waals surface area contributed by atoms with E-state index in [4.69, 9.17) is 0 Å². The number of H-pyrrole nitrogens is 1. The molecule has 5 rings (SSSR count). The van der Waals surface area contributed by atoms with Crippen LogP contribution in [0.3, 0.4) is 0 Å². The molecule has 0 amide bonds. The van der Waals surface area contributed by atoms with Crippen LogP contribution >= 0.6 is 22.7 Å². The summed E-state index contributed by atoms with van der Waals surface area (Å²) in [5, 5.41) is 5.25. The average molecular weight is 403 g/mol. The minimum absolute atomic E-state index is 0.107. The number of rotatable bonds is 3. The normalized spacial score (nSPS) is 12.9. The minimum Gasteiger partial charge on any atom is -0.313 e. The van der Waals surface area contributed by atoms with Gasteiger partial charge in [0, 0.05) is 17.8 Å². The molecular formula is C21H14N4OS2. The molecule has 0 aliphatic carbocycles. The summed E-state index contributed by atoms with van der Waals surface area (Å²) in [7, 11) is 0. The quantitative estimate of drug-likeness (QED) is 0.505. The van der Waals surface area contributed by atoms with E-state index in [2.05, 4.69) is 15.1 Å². The first-order valence-electron chi connectivity index (χ1n) is 8.63. The predicted octanol–water partition coefficient (Wildman–Crippen LogP) is 2.89. The monoisotopic (exact) mass is 402 g/mol. The molecule has 0 atom stereocenters. The van der Waals surface area contributed by atoms with Crippen molar-refractivity contribution in [3.8, 4) is 5.69 Å². The summed E-state index contributed by atoms with van der Waals surface area (Å²) < 4.78 is 4.35. The van der Waals surface area contributed by atoms with E-state index in [0.29, 0.717) is 4.53 Å². The number of thiazole rings is 2. The third-order valence-electron chi connectivity index (χ3n) is 4.17. The van der Waals surface area contributed by atoms with Crippen LogP contribution in [-0.2, 0) is 0 Å². The Morgan fingerprint density at radius 2 is 1.79 bits per heavy atom. The van der Waals surface area contributed by atoms with E-state index < -0.39 is 0 Å². The summed E-state index contributed by atoms with van der Waals surface area (Å²) in [5.41, 5.74) is 2.72. The Balaban J connectivity index is 1.51. The summed E-state index contributed by atoms with van der Waals surface area (Å²) in [6.45, 7) is 0. The lowest BCUT2D eigenvalue weighted by Gasteiger charge is -1.98. The second kappa shape index (κ2) is 7.03. The van der Waals surface area contributed by atoms with Crippen molar-refractivity contribution >= 4 is 45.0 Å². The molecule has 5 nitrogen and oxygen atoms in total. The van der Waals surface area contributed by atoms with Gasteiger partial charge in [-0.05, 0) is 30.3 Å². The number of hydrogen-bond acceptors (Lipinski definition) is 5. The standard InChI is InChI=1S/C21H14N4OS2/c26-21-18(10-14-12-22-25(13-14)15-6-2-1-3-7-15)28-20(24-21)11-19-23-16-8-4-5-9-17(16)27-19/h1-13H,(H,24,26)/b18-10-,20-11+. The Bertz CT molecular complexity index is 1410. The summed E-state index contributed by atoms with van der Waals surface area (Å²) >= 11 is 3.02. The van der Waals surface area contributed by atoms with Gasteiger partial charge < -0.3 is 4.98 Å². The van der Waals surface area contributed by atoms with Crippen molar-refractivity contribution in [2.24, 2.45) is 0 Å². The first-order chi connectivity index (χ1) is 13.7. The van der Waals surface area contributed by atoms with Crippen LogP contribution < -0.4 is 14.8 Å². The zero-order chi connectivity index (χ0) is 18.9. The molecule has 7 heteroatoms. The van der Waals surface area contributed by atoms with Gasteiger partial charge in [0.25, 0.3) is 5.56 Å². The van der Waals surface area contributed by atoms with Gasteiger partial charge in [-0.25, -0.2) is 9.67 Å². The summed E-state index contributed by atoms with van der Waals surface area (Å²) in [5.74, 6) is 0. The largest absolute Gasteiger partial charge is 0.313 e. The fraction of sp³-hybridized carbons (Fsp3) is 0. The van der Waals surface area contributed by atoms with Crippen LogP contribution in [-0.4, -0.2) is 19.7 Å². The van der Waals surface area contributed by atoms with Crippen molar-refractivity contribution in [1.29, 1.82) is 0 Å². The first-order valence-corrected chi connectivity index (χ1v) is 10.3. The van der Waals surface area contributed by atoms with Crippen LogP contribution in [0.1, 0.15) is 10.6 Å². The lowest BCUT2D eigenvalue weighted by atomic mass is 10.3. The van der Waals surface area contributed by atoms with E-state index in [1.165, 1.54) is 11.3 Å². The number of nitrogens with zero attached hydrogens (tertiary/aromatic N) is 3. The van der Waals surface area contributed by atoms with Gasteiger partial charge in [0.1, 0.15) is 5.01 Å². The topological polar surface area (TPSA) is 63.6 Å². The average Bonchev–Trinajstić information content (AvgIpc) is 3.42. The number of aromatic nitrogens is 4. The molecule has 5 aromatic rings. The van der Waals surface area contributed by atoms with Crippen LogP contribution in [0, 0.1) is 0 Å². The molecule has 0 aliphatic heterocycles. The Morgan fingerprint density at radius 1 is 0.964 bits per heavy atom. The van der Waals surface area contributed by atoms with E-state index in [1.54, 1.807) is 22.2 Å². The molecular weight excluding hydrogens is 388 g/mol. The van der Waals surface area contributed by atoms with E-state index >= 15 is 0 Å². The van der Waals surface area contributed by atoms with Crippen molar-refractivity contribution in [1.82, 2.24) is 19.7 Å². The zero-order valence-corrected chi connectivity index (χ0v) is 16.2. The van der Waals surface area contributed by atoms with Crippen molar-refractivity contribution in [3.05, 3.63) is 97.1 Å². The molecule has 0 saturated carbocycles. The molecule has 3 aromatic heterocycles. The van der Waals surface area contributed by atoms with Gasteiger partial charge in [0.15, 0.2) is 0 Å². The molecule has 1 N–H and O–H groups in total. The van der Waals surface area contributed by atoms with Crippen LogP contribution in [0.5, 0.6) is 0 Å². The Hall–Kier alpha value is -3.29. The van der Waals surface area contributed by atoms with Crippen molar-refractivity contribution < 1.29 is 0 Å². The molecule has 0 bridgehead atoms. The van der Waals surface area contributed by atoms with Gasteiger partial charge >= 0.3 is 0 Å². The highest BCUT2D eigenvalue weighted by Gasteiger charge is 2.03. The maximum absolute atomic E-state index is 12.3. The van der Waals surface area contributed by atoms with E-state index in [9.17, 15) is 4.79 Å². The van der Waals surface area contributed by atoms with E-state index in [-0.39, 0.29) is 5.56 Å². The highest BCUT2D eigenvalue weighted by Crippen LogP contribution is 2.21. The van der Waals surface area contributed by atoms with Crippen LogP contribution in [0.4, 0.5) is 0 Å². The maximum atomic E-state index is 12.3. The molecule has 0 aliphatic rings. The molecule has 136 valence electrons. The molecule has 2 aromatic carbocycles. The number of hydrogen-bond donors (Lipinski definition) is 1. The number of fused-ring (bicyclic) bond motifs is 1. The van der Waals surface area contributed by atoms with Gasteiger partial charge in [-0.3, -0.25) is 4.79 Å². The first kappa shape index (κ1) is 16.9. The molecule has 0 fully saturated rings. The molecule has 0 spiro atoms. The fourth-order valence-corrected chi connectivity index (χ4v) is 4.75. The van der Waals surface area contributed by atoms with Crippen molar-refractivity contribution in [3.63, 3.8) is 0 Å². The van der Waals surface area contributed by atoms with E-state index in [1.807, 2.05) is 72.9 Å². The van der Waals surface area contributed by atoms with Crippen LogP contribution in [0.15, 0.2) is 71.8 Å². The number of para-hydroxylation sites is 2. The summed E-state index contributed by atoms with van der Waals surface area (Å²) in [6.07, 6.45) is 7.43. The summed E-state index contributed by atoms with van der Waals surface area (Å²) in [6, 6.07) is 17.9. The lowest BCUT2D eigenvalue weighted by molar-refractivity contribution is 0.880. The van der Waals surface area contributed by atoms with Crippen molar-refractivity contribution in [2.75, 3.05) is 0 Å². The molecule has 28 heavy (non-hydrogen) atoms. The molecule has 0 radical (unpaired) electrons. The second-order valence-electron chi connectivity index (χ2n) is 6.15. The lowest BCUT2D eigenvalue weighted by Crippen LogP contribution is -2.19. The summed E-state index contributed by atoms with van der Waals surface area (Å²) in [4.78, 5) is 19.8. The predicted molar refractivity (Wildman–Crippen MR) is 115 cm³/mol. The highest BCUT2D eigenvalue weighted by molar-refractivity contribution is 7.19. The zero-order valence-electron chi connectivity index (χ0n) is 14.6.